The summed E-state index contributed by atoms with van der Waals surface area (Å²) in [7, 11) is 0. The fraction of sp³-hybridized carbons (Fsp3) is 0.222. The molecule has 2 rings (SSSR count). The third-order valence-electron chi connectivity index (χ3n) is 3.46. The van der Waals surface area contributed by atoms with Crippen molar-refractivity contribution in [1.82, 2.24) is 0 Å². The molecule has 0 fully saturated rings. The molecule has 4 nitrogen and oxygen atoms in total. The lowest BCUT2D eigenvalue weighted by Crippen LogP contribution is -2.36. The summed E-state index contributed by atoms with van der Waals surface area (Å²) in [5.41, 5.74) is 3.10. The van der Waals surface area contributed by atoms with Gasteiger partial charge in [-0.05, 0) is 43.7 Å². The molecule has 0 radical (unpaired) electrons. The number of hydrogen-bond acceptors (Lipinski definition) is 2. The smallest absolute Gasteiger partial charge is 0.244 e. The minimum atomic E-state index is -0.455. The molecule has 1 N–H and O–H groups in total. The molecule has 0 aromatic heterocycles. The van der Waals surface area contributed by atoms with Gasteiger partial charge in [0.1, 0.15) is 12.4 Å². The van der Waals surface area contributed by atoms with Crippen LogP contribution in [0.5, 0.6) is 0 Å². The Morgan fingerprint density at radius 3 is 2.48 bits per heavy atom. The van der Waals surface area contributed by atoms with Crippen LogP contribution in [-0.2, 0) is 9.59 Å². The zero-order valence-corrected chi connectivity index (χ0v) is 13.4. The van der Waals surface area contributed by atoms with Crippen LogP contribution in [0.15, 0.2) is 42.5 Å². The molecule has 2 amide bonds. The van der Waals surface area contributed by atoms with Crippen LogP contribution in [0.4, 0.5) is 15.8 Å². The van der Waals surface area contributed by atoms with Gasteiger partial charge < -0.3 is 10.2 Å². The lowest BCUT2D eigenvalue weighted by molar-refractivity contribution is -0.120. The van der Waals surface area contributed by atoms with E-state index in [1.54, 1.807) is 6.07 Å². The summed E-state index contributed by atoms with van der Waals surface area (Å²) in [6.45, 7) is 5.04. The molecule has 0 saturated heterocycles. The molecule has 0 aliphatic heterocycles. The van der Waals surface area contributed by atoms with Gasteiger partial charge in [0.05, 0.1) is 0 Å². The molecule has 0 bridgehead atoms. The topological polar surface area (TPSA) is 49.4 Å². The maximum absolute atomic E-state index is 13.3. The molecule has 120 valence electrons. The van der Waals surface area contributed by atoms with E-state index in [2.05, 4.69) is 5.32 Å². The largest absolute Gasteiger partial charge is 0.324 e. The molecule has 0 unspecified atom stereocenters. The highest BCUT2D eigenvalue weighted by molar-refractivity contribution is 6.02. The zero-order valence-electron chi connectivity index (χ0n) is 13.4. The van der Waals surface area contributed by atoms with Gasteiger partial charge in [0.25, 0.3) is 0 Å². The summed E-state index contributed by atoms with van der Waals surface area (Å²) >= 11 is 0. The van der Waals surface area contributed by atoms with E-state index in [9.17, 15) is 14.0 Å². The first-order chi connectivity index (χ1) is 10.9. The van der Waals surface area contributed by atoms with Gasteiger partial charge >= 0.3 is 0 Å². The van der Waals surface area contributed by atoms with Crippen molar-refractivity contribution in [1.29, 1.82) is 0 Å². The van der Waals surface area contributed by atoms with E-state index < -0.39 is 5.82 Å². The Balaban J connectivity index is 2.14. The molecule has 0 spiro atoms. The Bertz CT molecular complexity index is 744. The molecule has 0 heterocycles. The number of hydrogen-bond donors (Lipinski definition) is 1. The van der Waals surface area contributed by atoms with Crippen LogP contribution in [0.3, 0.4) is 0 Å². The first-order valence-corrected chi connectivity index (χ1v) is 7.27. The lowest BCUT2D eigenvalue weighted by atomic mass is 10.1. The molecule has 23 heavy (non-hydrogen) atoms. The number of aryl methyl sites for hydroxylation is 2. The third-order valence-corrected chi connectivity index (χ3v) is 3.46. The Hall–Kier alpha value is -2.69. The molecule has 0 atom stereocenters. The van der Waals surface area contributed by atoms with Crippen LogP contribution < -0.4 is 10.2 Å². The van der Waals surface area contributed by atoms with Gasteiger partial charge in [-0.25, -0.2) is 4.39 Å². The first-order valence-electron chi connectivity index (χ1n) is 7.27. The normalized spacial score (nSPS) is 10.3. The number of nitrogens with zero attached hydrogens (tertiary/aromatic N) is 1. The molecular formula is C18H19FN2O2. The average Bonchev–Trinajstić information content (AvgIpc) is 2.47. The Morgan fingerprint density at radius 1 is 1.13 bits per heavy atom. The second kappa shape index (κ2) is 7.05. The first kappa shape index (κ1) is 16.7. The number of amides is 2. The van der Waals surface area contributed by atoms with Gasteiger partial charge in [-0.3, -0.25) is 9.59 Å². The number of carbonyl (C=O) groups is 2. The van der Waals surface area contributed by atoms with Crippen molar-refractivity contribution in [3.05, 3.63) is 59.4 Å². The van der Waals surface area contributed by atoms with Crippen LogP contribution >= 0.6 is 0 Å². The van der Waals surface area contributed by atoms with E-state index in [0.717, 1.165) is 11.1 Å². The summed E-state index contributed by atoms with van der Waals surface area (Å²) in [6, 6.07) is 11.3. The van der Waals surface area contributed by atoms with E-state index in [0.29, 0.717) is 11.4 Å². The van der Waals surface area contributed by atoms with Gasteiger partial charge in [-0.15, -0.1) is 0 Å². The summed E-state index contributed by atoms with van der Waals surface area (Å²) < 4.78 is 13.3. The van der Waals surface area contributed by atoms with Crippen molar-refractivity contribution >= 4 is 23.2 Å². The number of carbonyl (C=O) groups excluding carboxylic acids is 2. The van der Waals surface area contributed by atoms with Crippen molar-refractivity contribution in [3.8, 4) is 0 Å². The summed E-state index contributed by atoms with van der Waals surface area (Å²) in [5, 5.41) is 2.78. The fourth-order valence-corrected chi connectivity index (χ4v) is 2.32. The van der Waals surface area contributed by atoms with Gasteiger partial charge in [0.2, 0.25) is 11.8 Å². The predicted molar refractivity (Wildman–Crippen MR) is 89.0 cm³/mol. The van der Waals surface area contributed by atoms with Crippen molar-refractivity contribution < 1.29 is 14.0 Å². The lowest BCUT2D eigenvalue weighted by Gasteiger charge is -2.21. The number of rotatable bonds is 4. The SMILES string of the molecule is CC(=O)N(CC(=O)Nc1ccc(C)cc1C)c1cccc(F)c1. The second-order valence-electron chi connectivity index (χ2n) is 5.45. The minimum Gasteiger partial charge on any atom is -0.324 e. The van der Waals surface area contributed by atoms with E-state index in [-0.39, 0.29) is 18.4 Å². The monoisotopic (exact) mass is 314 g/mol. The van der Waals surface area contributed by atoms with Gasteiger partial charge in [0, 0.05) is 18.3 Å². The fourth-order valence-electron chi connectivity index (χ4n) is 2.32. The summed E-state index contributed by atoms with van der Waals surface area (Å²) in [6.07, 6.45) is 0. The molecule has 0 aliphatic rings. The van der Waals surface area contributed by atoms with Gasteiger partial charge in [0.15, 0.2) is 0 Å². The van der Waals surface area contributed by atoms with Gasteiger partial charge in [-0.2, -0.15) is 0 Å². The minimum absolute atomic E-state index is 0.175. The van der Waals surface area contributed by atoms with Crippen molar-refractivity contribution in [3.63, 3.8) is 0 Å². The standard InChI is InChI=1S/C18H19FN2O2/c1-12-7-8-17(13(2)9-12)20-18(23)11-21(14(3)22)16-6-4-5-15(19)10-16/h4-10H,11H2,1-3H3,(H,20,23). The van der Waals surface area contributed by atoms with Crippen LogP contribution in [0.1, 0.15) is 18.1 Å². The molecule has 5 heteroatoms. The predicted octanol–water partition coefficient (Wildman–Crippen LogP) is 3.43. The summed E-state index contributed by atoms with van der Waals surface area (Å²) in [5.74, 6) is -1.12. The third kappa shape index (κ3) is 4.39. The Morgan fingerprint density at radius 2 is 1.87 bits per heavy atom. The summed E-state index contributed by atoms with van der Waals surface area (Å²) in [4.78, 5) is 25.2. The van der Waals surface area contributed by atoms with Gasteiger partial charge in [-0.1, -0.05) is 23.8 Å². The number of benzene rings is 2. The van der Waals surface area contributed by atoms with Crippen LogP contribution in [0, 0.1) is 19.7 Å². The van der Waals surface area contributed by atoms with Crippen LogP contribution in [0.25, 0.3) is 0 Å². The molecule has 2 aromatic carbocycles. The van der Waals surface area contributed by atoms with E-state index in [4.69, 9.17) is 0 Å². The molecular weight excluding hydrogens is 295 g/mol. The highest BCUT2D eigenvalue weighted by Crippen LogP contribution is 2.18. The Kier molecular flexibility index (Phi) is 5.11. The Labute approximate surface area is 134 Å². The number of anilines is 2. The van der Waals surface area contributed by atoms with E-state index in [1.165, 1.54) is 30.0 Å². The molecule has 0 aliphatic carbocycles. The number of halogens is 1. The van der Waals surface area contributed by atoms with Crippen LogP contribution in [-0.4, -0.2) is 18.4 Å². The molecule has 0 saturated carbocycles. The van der Waals surface area contributed by atoms with E-state index >= 15 is 0 Å². The van der Waals surface area contributed by atoms with E-state index in [1.807, 2.05) is 32.0 Å². The quantitative estimate of drug-likeness (QED) is 0.940. The van der Waals surface area contributed by atoms with Crippen LogP contribution in [0.2, 0.25) is 0 Å². The van der Waals surface area contributed by atoms with Crippen molar-refractivity contribution in [2.24, 2.45) is 0 Å². The number of nitrogens with one attached hydrogen (secondary N) is 1. The second-order valence-corrected chi connectivity index (χ2v) is 5.45. The average molecular weight is 314 g/mol. The highest BCUT2D eigenvalue weighted by Gasteiger charge is 2.16. The molecule has 2 aromatic rings. The van der Waals surface area contributed by atoms with Crippen molar-refractivity contribution in [2.75, 3.05) is 16.8 Å². The zero-order chi connectivity index (χ0) is 17.0. The highest BCUT2D eigenvalue weighted by atomic mass is 19.1. The maximum Gasteiger partial charge on any atom is 0.244 e. The maximum atomic E-state index is 13.3. The van der Waals surface area contributed by atoms with Crippen molar-refractivity contribution in [2.45, 2.75) is 20.8 Å².